The van der Waals surface area contributed by atoms with Crippen molar-refractivity contribution in [1.82, 2.24) is 4.98 Å². The van der Waals surface area contributed by atoms with Crippen LogP contribution in [0.4, 0.5) is 10.8 Å². The van der Waals surface area contributed by atoms with Crippen molar-refractivity contribution in [2.75, 3.05) is 11.2 Å². The summed E-state index contributed by atoms with van der Waals surface area (Å²) in [6.45, 7) is 0. The summed E-state index contributed by atoms with van der Waals surface area (Å²) in [5.74, 6) is 5.24. The molecule has 72 valence electrons. The molecule has 0 amide bonds. The number of nitrogens with one attached hydrogen (secondary N) is 1. The van der Waals surface area contributed by atoms with Gasteiger partial charge in [-0.1, -0.05) is 12.1 Å². The molecule has 5 heteroatoms. The maximum Gasteiger partial charge on any atom is 0.197 e. The summed E-state index contributed by atoms with van der Waals surface area (Å²) in [5.41, 5.74) is 10.8. The van der Waals surface area contributed by atoms with E-state index in [4.69, 9.17) is 11.6 Å². The van der Waals surface area contributed by atoms with Crippen molar-refractivity contribution in [2.24, 2.45) is 5.84 Å². The van der Waals surface area contributed by atoms with Crippen LogP contribution in [0.5, 0.6) is 0 Å². The fourth-order valence-corrected chi connectivity index (χ4v) is 1.80. The average molecular weight is 206 g/mol. The van der Waals surface area contributed by atoms with Gasteiger partial charge in [-0.25, -0.2) is 10.8 Å². The molecule has 1 aromatic heterocycles. The molecule has 0 atom stereocenters. The number of hydrazine groups is 1. The van der Waals surface area contributed by atoms with Crippen LogP contribution in [0, 0.1) is 0 Å². The molecule has 0 saturated carbocycles. The summed E-state index contributed by atoms with van der Waals surface area (Å²) in [6.07, 6.45) is 0. The molecular weight excluding hydrogens is 196 g/mol. The molecule has 2 aromatic rings. The highest BCUT2D eigenvalue weighted by atomic mass is 32.1. The predicted molar refractivity (Wildman–Crippen MR) is 59.8 cm³/mol. The Bertz CT molecular complexity index is 438. The molecule has 0 aliphatic rings. The Morgan fingerprint density at radius 1 is 1.36 bits per heavy atom. The zero-order valence-electron chi connectivity index (χ0n) is 7.40. The minimum absolute atomic E-state index is 0.697. The average Bonchev–Trinajstić information content (AvgIpc) is 2.66. The molecule has 0 unspecified atom stereocenters. The Hall–Kier alpha value is -1.59. The van der Waals surface area contributed by atoms with E-state index in [1.54, 1.807) is 0 Å². The van der Waals surface area contributed by atoms with Crippen LogP contribution in [0.15, 0.2) is 29.6 Å². The van der Waals surface area contributed by atoms with Crippen molar-refractivity contribution in [1.29, 1.82) is 0 Å². The number of rotatable bonds is 2. The molecule has 1 heterocycles. The van der Waals surface area contributed by atoms with Gasteiger partial charge in [0.05, 0.1) is 5.69 Å². The van der Waals surface area contributed by atoms with Gasteiger partial charge in [-0.05, 0) is 12.1 Å². The van der Waals surface area contributed by atoms with Crippen LogP contribution in [-0.4, -0.2) is 4.98 Å². The van der Waals surface area contributed by atoms with Gasteiger partial charge in [-0.3, -0.25) is 5.43 Å². The van der Waals surface area contributed by atoms with Crippen molar-refractivity contribution in [3.63, 3.8) is 0 Å². The number of nitrogens with zero attached hydrogens (tertiary/aromatic N) is 1. The molecule has 0 spiro atoms. The third kappa shape index (κ3) is 1.68. The fraction of sp³-hybridized carbons (Fsp3) is 0. The summed E-state index contributed by atoms with van der Waals surface area (Å²) >= 11 is 1.46. The predicted octanol–water partition coefficient (Wildman–Crippen LogP) is 1.68. The topological polar surface area (TPSA) is 77.0 Å². The lowest BCUT2D eigenvalue weighted by Gasteiger charge is -1.97. The van der Waals surface area contributed by atoms with Crippen molar-refractivity contribution in [3.8, 4) is 11.3 Å². The van der Waals surface area contributed by atoms with Gasteiger partial charge in [0.2, 0.25) is 0 Å². The van der Waals surface area contributed by atoms with E-state index in [1.165, 1.54) is 11.3 Å². The van der Waals surface area contributed by atoms with Gasteiger partial charge in [0.25, 0.3) is 0 Å². The lowest BCUT2D eigenvalue weighted by Crippen LogP contribution is -2.05. The van der Waals surface area contributed by atoms with E-state index >= 15 is 0 Å². The number of benzene rings is 1. The summed E-state index contributed by atoms with van der Waals surface area (Å²) in [4.78, 5) is 4.27. The number of aromatic nitrogens is 1. The molecular formula is C9H10N4S. The summed E-state index contributed by atoms with van der Waals surface area (Å²) in [5, 5.41) is 2.63. The van der Waals surface area contributed by atoms with Crippen LogP contribution in [0.3, 0.4) is 0 Å². The van der Waals surface area contributed by atoms with Crippen LogP contribution < -0.4 is 17.0 Å². The van der Waals surface area contributed by atoms with Crippen LogP contribution in [-0.2, 0) is 0 Å². The van der Waals surface area contributed by atoms with E-state index in [2.05, 4.69) is 10.4 Å². The van der Waals surface area contributed by atoms with E-state index < -0.39 is 0 Å². The van der Waals surface area contributed by atoms with E-state index in [1.807, 2.05) is 29.6 Å². The first kappa shape index (κ1) is 8.98. The van der Waals surface area contributed by atoms with Gasteiger partial charge in [-0.2, -0.15) is 0 Å². The van der Waals surface area contributed by atoms with E-state index in [0.717, 1.165) is 16.9 Å². The van der Waals surface area contributed by atoms with Gasteiger partial charge >= 0.3 is 0 Å². The maximum atomic E-state index is 5.67. The minimum Gasteiger partial charge on any atom is -0.399 e. The summed E-state index contributed by atoms with van der Waals surface area (Å²) in [6, 6.07) is 7.60. The van der Waals surface area contributed by atoms with Crippen LogP contribution >= 0.6 is 11.3 Å². The van der Waals surface area contributed by atoms with Gasteiger partial charge < -0.3 is 5.73 Å². The lowest BCUT2D eigenvalue weighted by molar-refractivity contribution is 1.29. The second-order valence-electron chi connectivity index (χ2n) is 2.81. The van der Waals surface area contributed by atoms with Crippen molar-refractivity contribution >= 4 is 22.2 Å². The Balaban J connectivity index is 2.39. The summed E-state index contributed by atoms with van der Waals surface area (Å²) in [7, 11) is 0. The largest absolute Gasteiger partial charge is 0.399 e. The smallest absolute Gasteiger partial charge is 0.197 e. The standard InChI is InChI=1S/C9H10N4S/c10-7-3-1-2-6(4-7)8-5-14-9(12-8)13-11/h1-5H,10-11H2,(H,12,13). The van der Waals surface area contributed by atoms with Crippen LogP contribution in [0.25, 0.3) is 11.3 Å². The Kier molecular flexibility index (Phi) is 2.34. The Labute approximate surface area is 85.5 Å². The number of thiazole rings is 1. The third-order valence-corrected chi connectivity index (χ3v) is 2.58. The minimum atomic E-state index is 0.697. The zero-order valence-corrected chi connectivity index (χ0v) is 8.21. The number of hydrogen-bond donors (Lipinski definition) is 3. The second kappa shape index (κ2) is 3.65. The Morgan fingerprint density at radius 3 is 2.86 bits per heavy atom. The molecule has 14 heavy (non-hydrogen) atoms. The molecule has 0 bridgehead atoms. The number of anilines is 2. The highest BCUT2D eigenvalue weighted by Crippen LogP contribution is 2.25. The van der Waals surface area contributed by atoms with Gasteiger partial charge in [0, 0.05) is 16.6 Å². The molecule has 4 nitrogen and oxygen atoms in total. The van der Waals surface area contributed by atoms with Gasteiger partial charge in [-0.15, -0.1) is 11.3 Å². The van der Waals surface area contributed by atoms with Crippen molar-refractivity contribution < 1.29 is 0 Å². The molecule has 2 rings (SSSR count). The normalized spacial score (nSPS) is 10.1. The highest BCUT2D eigenvalue weighted by Gasteiger charge is 2.02. The molecule has 0 fully saturated rings. The first-order chi connectivity index (χ1) is 6.79. The number of nitrogen functional groups attached to an aromatic ring is 2. The SMILES string of the molecule is NNc1nc(-c2cccc(N)c2)cs1. The fourth-order valence-electron chi connectivity index (χ4n) is 1.17. The zero-order chi connectivity index (χ0) is 9.97. The first-order valence-corrected chi connectivity index (χ1v) is 4.95. The molecule has 0 radical (unpaired) electrons. The molecule has 5 N–H and O–H groups in total. The Morgan fingerprint density at radius 2 is 2.21 bits per heavy atom. The number of hydrogen-bond acceptors (Lipinski definition) is 5. The third-order valence-electron chi connectivity index (χ3n) is 1.81. The number of nitrogens with two attached hydrogens (primary N) is 2. The van der Waals surface area contributed by atoms with Gasteiger partial charge in [0.1, 0.15) is 0 Å². The maximum absolute atomic E-state index is 5.67. The molecule has 0 saturated heterocycles. The monoisotopic (exact) mass is 206 g/mol. The quantitative estimate of drug-likeness (QED) is 0.397. The molecule has 0 aliphatic carbocycles. The van der Waals surface area contributed by atoms with Crippen molar-refractivity contribution in [3.05, 3.63) is 29.6 Å². The second-order valence-corrected chi connectivity index (χ2v) is 3.67. The first-order valence-electron chi connectivity index (χ1n) is 4.07. The van der Waals surface area contributed by atoms with E-state index in [0.29, 0.717) is 5.13 Å². The summed E-state index contributed by atoms with van der Waals surface area (Å²) < 4.78 is 0. The van der Waals surface area contributed by atoms with Crippen LogP contribution in [0.2, 0.25) is 0 Å². The van der Waals surface area contributed by atoms with Crippen molar-refractivity contribution in [2.45, 2.75) is 0 Å². The highest BCUT2D eigenvalue weighted by molar-refractivity contribution is 7.14. The van der Waals surface area contributed by atoms with E-state index in [-0.39, 0.29) is 0 Å². The van der Waals surface area contributed by atoms with Gasteiger partial charge in [0.15, 0.2) is 5.13 Å². The lowest BCUT2D eigenvalue weighted by atomic mass is 10.1. The molecule has 0 aliphatic heterocycles. The molecule has 1 aromatic carbocycles. The van der Waals surface area contributed by atoms with Crippen LogP contribution in [0.1, 0.15) is 0 Å². The van der Waals surface area contributed by atoms with E-state index in [9.17, 15) is 0 Å².